The van der Waals surface area contributed by atoms with Crippen LogP contribution < -0.4 is 14.9 Å². The number of nitrogens with one attached hydrogen (secondary N) is 3. The number of halogens is 1. The first-order valence-corrected chi connectivity index (χ1v) is 10.8. The largest absolute Gasteiger partial charge is 0.345 e. The van der Waals surface area contributed by atoms with Crippen molar-refractivity contribution in [1.29, 1.82) is 5.26 Å². The summed E-state index contributed by atoms with van der Waals surface area (Å²) in [6, 6.07) is 13.3. The molecule has 0 saturated carbocycles. The molecule has 0 aliphatic carbocycles. The minimum atomic E-state index is -3.75. The first-order chi connectivity index (χ1) is 14.8. The van der Waals surface area contributed by atoms with Crippen molar-refractivity contribution in [3.8, 4) is 28.6 Å². The number of hydrogen-bond donors (Lipinski definition) is 3. The van der Waals surface area contributed by atoms with Crippen molar-refractivity contribution in [1.82, 2.24) is 15.0 Å². The van der Waals surface area contributed by atoms with Gasteiger partial charge in [-0.1, -0.05) is 23.7 Å². The Balaban J connectivity index is 1.83. The van der Waals surface area contributed by atoms with E-state index >= 15 is 0 Å². The molecule has 4 aromatic rings. The maximum Gasteiger partial charge on any atom is 0.321 e. The highest BCUT2D eigenvalue weighted by Crippen LogP contribution is 2.41. The molecule has 11 heteroatoms. The van der Waals surface area contributed by atoms with Crippen molar-refractivity contribution < 1.29 is 8.42 Å². The number of nitrogens with zero attached hydrogens (tertiary/aromatic N) is 3. The van der Waals surface area contributed by atoms with Crippen LogP contribution in [0.4, 0.5) is 11.4 Å². The van der Waals surface area contributed by atoms with E-state index in [-0.39, 0.29) is 33.0 Å². The molecule has 0 bridgehead atoms. The smallest absolute Gasteiger partial charge is 0.321 e. The lowest BCUT2D eigenvalue weighted by Gasteiger charge is -2.12. The van der Waals surface area contributed by atoms with Crippen LogP contribution in [0.2, 0.25) is 5.02 Å². The molecule has 1 aliphatic heterocycles. The number of aromatic nitrogens is 3. The number of H-pyrrole nitrogens is 1. The third kappa shape index (κ3) is 3.26. The summed E-state index contributed by atoms with van der Waals surface area (Å²) < 4.78 is 28.5. The standard InChI is InChI=1S/C20H11ClN6O3S/c21-13-7-12(8-14-18(13)27-31(29,30)26-14)17-16(11-3-1-2-10(6-11)9-22)25-20-19(24-17)15(28)4-5-23-20/h1-8,26-27H,(H,23,25,28). The lowest BCUT2D eigenvalue weighted by atomic mass is 10.0. The number of nitriles is 1. The van der Waals surface area contributed by atoms with Crippen LogP contribution in [0.1, 0.15) is 5.56 Å². The lowest BCUT2D eigenvalue weighted by molar-refractivity contribution is 0.607. The average Bonchev–Trinajstić information content (AvgIpc) is 3.08. The Morgan fingerprint density at radius 3 is 2.61 bits per heavy atom. The minimum absolute atomic E-state index is 0.119. The second kappa shape index (κ2) is 6.80. The molecule has 0 amide bonds. The predicted octanol–water partition coefficient (Wildman–Crippen LogP) is 3.26. The van der Waals surface area contributed by atoms with Crippen LogP contribution in [0.25, 0.3) is 33.7 Å². The zero-order valence-corrected chi connectivity index (χ0v) is 17.0. The molecule has 0 saturated heterocycles. The van der Waals surface area contributed by atoms with Crippen LogP contribution in [0.5, 0.6) is 0 Å². The van der Waals surface area contributed by atoms with Gasteiger partial charge in [0.05, 0.1) is 39.4 Å². The molecule has 3 heterocycles. The number of rotatable bonds is 2. The summed E-state index contributed by atoms with van der Waals surface area (Å²) in [7, 11) is -3.75. The van der Waals surface area contributed by atoms with Gasteiger partial charge in [0.1, 0.15) is 0 Å². The van der Waals surface area contributed by atoms with E-state index in [0.29, 0.717) is 28.1 Å². The molecular formula is C20H11ClN6O3S. The van der Waals surface area contributed by atoms with Gasteiger partial charge in [0.2, 0.25) is 5.43 Å². The van der Waals surface area contributed by atoms with Crippen molar-refractivity contribution >= 4 is 44.3 Å². The van der Waals surface area contributed by atoms with E-state index in [1.165, 1.54) is 12.3 Å². The van der Waals surface area contributed by atoms with Gasteiger partial charge in [0.25, 0.3) is 0 Å². The van der Waals surface area contributed by atoms with Crippen LogP contribution in [0, 0.1) is 11.3 Å². The highest BCUT2D eigenvalue weighted by Gasteiger charge is 2.27. The molecule has 2 aromatic carbocycles. The number of fused-ring (bicyclic) bond motifs is 2. The predicted molar refractivity (Wildman–Crippen MR) is 117 cm³/mol. The SMILES string of the molecule is N#Cc1cccc(-c2nc3[nH]ccc(=O)c3nc2-c2cc(Cl)c3c(c2)NS(=O)(=O)N3)c1. The number of pyridine rings is 1. The van der Waals surface area contributed by atoms with Gasteiger partial charge in [-0.3, -0.25) is 14.2 Å². The fourth-order valence-electron chi connectivity index (χ4n) is 3.35. The maximum atomic E-state index is 12.4. The first-order valence-electron chi connectivity index (χ1n) is 8.89. The van der Waals surface area contributed by atoms with E-state index in [1.807, 2.05) is 0 Å². The van der Waals surface area contributed by atoms with Gasteiger partial charge in [0, 0.05) is 23.4 Å². The highest BCUT2D eigenvalue weighted by molar-refractivity contribution is 7.94. The van der Waals surface area contributed by atoms with Crippen molar-refractivity contribution in [3.63, 3.8) is 0 Å². The van der Waals surface area contributed by atoms with Gasteiger partial charge in [-0.25, -0.2) is 9.97 Å². The summed E-state index contributed by atoms with van der Waals surface area (Å²) >= 11 is 6.32. The molecule has 0 unspecified atom stereocenters. The fourth-order valence-corrected chi connectivity index (χ4v) is 4.67. The first kappa shape index (κ1) is 19.0. The summed E-state index contributed by atoms with van der Waals surface area (Å²) in [5.41, 5.74) is 2.75. The van der Waals surface area contributed by atoms with Gasteiger partial charge in [0.15, 0.2) is 11.2 Å². The maximum absolute atomic E-state index is 12.4. The van der Waals surface area contributed by atoms with Gasteiger partial charge in [-0.2, -0.15) is 13.7 Å². The summed E-state index contributed by atoms with van der Waals surface area (Å²) in [6.07, 6.45) is 1.47. The number of benzene rings is 2. The molecule has 5 rings (SSSR count). The molecule has 0 fully saturated rings. The lowest BCUT2D eigenvalue weighted by Crippen LogP contribution is -2.12. The molecule has 152 valence electrons. The van der Waals surface area contributed by atoms with Crippen LogP contribution in [0.3, 0.4) is 0 Å². The second-order valence-electron chi connectivity index (χ2n) is 6.74. The molecule has 1 aliphatic rings. The molecule has 0 radical (unpaired) electrons. The molecule has 2 aromatic heterocycles. The van der Waals surface area contributed by atoms with Crippen LogP contribution in [-0.2, 0) is 10.2 Å². The molecule has 0 spiro atoms. The zero-order valence-electron chi connectivity index (χ0n) is 15.5. The van der Waals surface area contributed by atoms with E-state index in [0.717, 1.165) is 0 Å². The summed E-state index contributed by atoms with van der Waals surface area (Å²) in [4.78, 5) is 24.4. The van der Waals surface area contributed by atoms with E-state index in [2.05, 4.69) is 30.5 Å². The molecule has 3 N–H and O–H groups in total. The van der Waals surface area contributed by atoms with Gasteiger partial charge < -0.3 is 4.98 Å². The Morgan fingerprint density at radius 2 is 1.81 bits per heavy atom. The summed E-state index contributed by atoms with van der Waals surface area (Å²) in [6.45, 7) is 0. The Morgan fingerprint density at radius 1 is 1.00 bits per heavy atom. The Bertz CT molecular complexity index is 1610. The van der Waals surface area contributed by atoms with Crippen molar-refractivity contribution in [2.45, 2.75) is 0 Å². The Kier molecular flexibility index (Phi) is 4.18. The Labute approximate surface area is 180 Å². The van der Waals surface area contributed by atoms with Crippen LogP contribution in [0.15, 0.2) is 53.5 Å². The normalized spacial score (nSPS) is 13.8. The minimum Gasteiger partial charge on any atom is -0.345 e. The highest BCUT2D eigenvalue weighted by atomic mass is 35.5. The van der Waals surface area contributed by atoms with Crippen molar-refractivity contribution in [3.05, 3.63) is 69.5 Å². The summed E-state index contributed by atoms with van der Waals surface area (Å²) in [5.74, 6) is 0. The Hall–Kier alpha value is -3.94. The number of aromatic amines is 1. The fraction of sp³-hybridized carbons (Fsp3) is 0. The number of hydrogen-bond acceptors (Lipinski definition) is 6. The van der Waals surface area contributed by atoms with E-state index in [9.17, 15) is 18.5 Å². The second-order valence-corrected chi connectivity index (χ2v) is 8.56. The zero-order chi connectivity index (χ0) is 21.8. The topological polar surface area (TPSA) is 141 Å². The van der Waals surface area contributed by atoms with E-state index < -0.39 is 10.2 Å². The number of anilines is 2. The molecular weight excluding hydrogens is 440 g/mol. The van der Waals surface area contributed by atoms with Crippen LogP contribution in [-0.4, -0.2) is 23.4 Å². The quantitative estimate of drug-likeness (QED) is 0.428. The summed E-state index contributed by atoms with van der Waals surface area (Å²) in [5, 5.41) is 9.43. The molecule has 0 atom stereocenters. The van der Waals surface area contributed by atoms with E-state index in [4.69, 9.17) is 11.6 Å². The van der Waals surface area contributed by atoms with Crippen LogP contribution >= 0.6 is 11.6 Å². The monoisotopic (exact) mass is 450 g/mol. The van der Waals surface area contributed by atoms with Crippen molar-refractivity contribution in [2.75, 3.05) is 9.44 Å². The van der Waals surface area contributed by atoms with Gasteiger partial charge >= 0.3 is 10.2 Å². The molecule has 9 nitrogen and oxygen atoms in total. The third-order valence-electron chi connectivity index (χ3n) is 4.69. The van der Waals surface area contributed by atoms with Gasteiger partial charge in [-0.05, 0) is 24.3 Å². The van der Waals surface area contributed by atoms with E-state index in [1.54, 1.807) is 36.4 Å². The third-order valence-corrected chi connectivity index (χ3v) is 5.95. The van der Waals surface area contributed by atoms with Gasteiger partial charge in [-0.15, -0.1) is 0 Å². The average molecular weight is 451 g/mol. The van der Waals surface area contributed by atoms with Crippen molar-refractivity contribution in [2.24, 2.45) is 0 Å². The molecule has 31 heavy (non-hydrogen) atoms.